The number of Topliss-reactive ketones (excluding diaryl/α,β-unsaturated/α-hetero) is 1. The van der Waals surface area contributed by atoms with E-state index in [1.165, 1.54) is 14.0 Å². The van der Waals surface area contributed by atoms with Gasteiger partial charge in [0, 0.05) is 55.7 Å². The van der Waals surface area contributed by atoms with Gasteiger partial charge in [-0.1, -0.05) is 41.5 Å². The lowest BCUT2D eigenvalue weighted by atomic mass is 9.73. The minimum Gasteiger partial charge on any atom is -0.459 e. The Kier molecular flexibility index (Phi) is 16.8. The average Bonchev–Trinajstić information content (AvgIpc) is 3.14. The number of likely N-dealkylation sites (N-methyl/N-ethyl adjacent to an activating group) is 1. The summed E-state index contributed by atoms with van der Waals surface area (Å²) < 4.78 is 38.6. The molecule has 4 N–H and O–H groups in total. The van der Waals surface area contributed by atoms with E-state index in [-0.39, 0.29) is 30.8 Å². The van der Waals surface area contributed by atoms with Crippen LogP contribution in [0.4, 0.5) is 0 Å². The van der Waals surface area contributed by atoms with E-state index in [4.69, 9.17) is 34.8 Å². The van der Waals surface area contributed by atoms with Gasteiger partial charge in [0.15, 0.2) is 12.6 Å². The van der Waals surface area contributed by atoms with E-state index in [2.05, 4.69) is 5.92 Å². The Bertz CT molecular complexity index is 1310. The fourth-order valence-electron chi connectivity index (χ4n) is 9.19. The molecular weight excluding hydrogens is 710 g/mol. The first-order valence-electron chi connectivity index (χ1n) is 20.3. The van der Waals surface area contributed by atoms with Crippen LogP contribution in [0.2, 0.25) is 0 Å². The van der Waals surface area contributed by atoms with Crippen molar-refractivity contribution in [1.82, 2.24) is 4.90 Å². The molecule has 3 saturated heterocycles. The van der Waals surface area contributed by atoms with Gasteiger partial charge in [0.25, 0.3) is 0 Å². The Balaban J connectivity index is 2.22. The zero-order chi connectivity index (χ0) is 41.8. The monoisotopic (exact) mass is 784 g/mol. The normalized spacial score (nSPS) is 46.8. The fraction of sp³-hybridized carbons (Fsp3) is 0.905. The van der Waals surface area contributed by atoms with Crippen LogP contribution in [0.5, 0.6) is 0 Å². The van der Waals surface area contributed by atoms with Gasteiger partial charge in [0.05, 0.1) is 48.1 Å². The van der Waals surface area contributed by atoms with Crippen molar-refractivity contribution in [2.75, 3.05) is 20.7 Å². The molecule has 0 spiro atoms. The van der Waals surface area contributed by atoms with Crippen LogP contribution in [0.1, 0.15) is 115 Å². The molecule has 3 aliphatic heterocycles. The molecule has 3 fully saturated rings. The lowest BCUT2D eigenvalue weighted by Gasteiger charge is -2.50. The standard InChI is InChI=1S/C42H73NO12/c1-15-18-19-43(13)29-20-24(5)51-39(33(29)45)55-37-26(7)34(54-31-22-40(10,17-3)36(47)28(9)52-31)27(8)38(48)53-30(16-2)42(12,49)35(46)25(6)32(44)23(4)21-41(37,11)50-14/h1,23-31,33-37,39,45-47,49H,16-22H2,2-14H3/t23-,24-,25+,26+,27-,28+,29+,30-,31+,33-,34+,35-,36+,37-,39+,40-,41-,42-/m1/s1. The van der Waals surface area contributed by atoms with Crippen molar-refractivity contribution in [2.45, 2.75) is 193 Å². The summed E-state index contributed by atoms with van der Waals surface area (Å²) in [6.07, 6.45) is -1.49. The number of esters is 1. The Morgan fingerprint density at radius 1 is 0.945 bits per heavy atom. The minimum absolute atomic E-state index is 0.111. The first-order valence-corrected chi connectivity index (χ1v) is 20.3. The molecule has 3 aliphatic rings. The summed E-state index contributed by atoms with van der Waals surface area (Å²) >= 11 is 0. The summed E-state index contributed by atoms with van der Waals surface area (Å²) in [6, 6.07) is -0.345. The van der Waals surface area contributed by atoms with Crippen LogP contribution in [0, 0.1) is 41.4 Å². The van der Waals surface area contributed by atoms with Crippen LogP contribution >= 0.6 is 0 Å². The van der Waals surface area contributed by atoms with Gasteiger partial charge in [0.2, 0.25) is 0 Å². The summed E-state index contributed by atoms with van der Waals surface area (Å²) in [5, 5.41) is 46.1. The summed E-state index contributed by atoms with van der Waals surface area (Å²) in [6.45, 7) is 20.0. The van der Waals surface area contributed by atoms with E-state index in [1.54, 1.807) is 34.6 Å². The number of methoxy groups -OCH3 is 1. The molecule has 0 bridgehead atoms. The number of carbonyl (C=O) groups excluding carboxylic acids is 2. The molecule has 55 heavy (non-hydrogen) atoms. The van der Waals surface area contributed by atoms with Crippen LogP contribution < -0.4 is 0 Å². The lowest BCUT2D eigenvalue weighted by molar-refractivity contribution is -0.315. The maximum atomic E-state index is 14.3. The van der Waals surface area contributed by atoms with Crippen LogP contribution in [0.15, 0.2) is 0 Å². The van der Waals surface area contributed by atoms with Gasteiger partial charge >= 0.3 is 5.97 Å². The topological polar surface area (TPSA) is 174 Å². The highest BCUT2D eigenvalue weighted by Gasteiger charge is 2.54. The number of hydrogen-bond acceptors (Lipinski definition) is 13. The highest BCUT2D eigenvalue weighted by Crippen LogP contribution is 2.44. The van der Waals surface area contributed by atoms with Gasteiger partial charge in [-0.15, -0.1) is 12.3 Å². The van der Waals surface area contributed by atoms with Crippen molar-refractivity contribution < 1.29 is 58.4 Å². The fourth-order valence-corrected chi connectivity index (χ4v) is 9.19. The lowest BCUT2D eigenvalue weighted by Crippen LogP contribution is -2.61. The SMILES string of the molecule is C#CCCN(C)[C@H]1C[C@@H](C)O[C@@H](O[C@@H]2[C@@H](C)[C@H](O[C@H]3C[C@@](C)(CC)[C@@H](O)[C@H](C)O3)[C@@H](C)C(=O)O[C@H](CC)[C@@](C)(O)[C@H](O)[C@@H](C)C(=O)[C@H](C)C[C@@]2(C)OC)[C@@H]1O. The second-order valence-corrected chi connectivity index (χ2v) is 17.6. The molecule has 0 aromatic carbocycles. The predicted molar refractivity (Wildman–Crippen MR) is 206 cm³/mol. The summed E-state index contributed by atoms with van der Waals surface area (Å²) in [4.78, 5) is 30.3. The highest BCUT2D eigenvalue weighted by molar-refractivity contribution is 5.83. The predicted octanol–water partition coefficient (Wildman–Crippen LogP) is 3.84. The van der Waals surface area contributed by atoms with Crippen molar-refractivity contribution in [1.29, 1.82) is 0 Å². The molecule has 0 aromatic heterocycles. The molecule has 13 nitrogen and oxygen atoms in total. The molecule has 0 unspecified atom stereocenters. The molecule has 0 saturated carbocycles. The zero-order valence-corrected chi connectivity index (χ0v) is 35.7. The van der Waals surface area contributed by atoms with Crippen molar-refractivity contribution in [3.63, 3.8) is 0 Å². The first-order chi connectivity index (χ1) is 25.5. The number of rotatable bonds is 10. The molecule has 3 heterocycles. The maximum Gasteiger partial charge on any atom is 0.311 e. The maximum absolute atomic E-state index is 14.3. The minimum atomic E-state index is -1.96. The third-order valence-electron chi connectivity index (χ3n) is 13.3. The number of aliphatic hydroxyl groups is 4. The van der Waals surface area contributed by atoms with Gasteiger partial charge < -0.3 is 48.8 Å². The van der Waals surface area contributed by atoms with Crippen LogP contribution in [0.3, 0.4) is 0 Å². The quantitative estimate of drug-likeness (QED) is 0.186. The van der Waals surface area contributed by atoms with E-state index in [0.29, 0.717) is 32.2 Å². The van der Waals surface area contributed by atoms with Crippen molar-refractivity contribution >= 4 is 11.8 Å². The number of nitrogens with zero attached hydrogens (tertiary/aromatic N) is 1. The molecule has 0 radical (unpaired) electrons. The number of cyclic esters (lactones) is 1. The van der Waals surface area contributed by atoms with Crippen molar-refractivity contribution in [3.05, 3.63) is 0 Å². The zero-order valence-electron chi connectivity index (χ0n) is 35.7. The summed E-state index contributed by atoms with van der Waals surface area (Å²) in [5.74, 6) is -1.77. The largest absolute Gasteiger partial charge is 0.459 e. The van der Waals surface area contributed by atoms with Crippen molar-refractivity contribution in [3.8, 4) is 12.3 Å². The molecule has 318 valence electrons. The molecule has 18 atom stereocenters. The Morgan fingerprint density at radius 2 is 1.58 bits per heavy atom. The van der Waals surface area contributed by atoms with E-state index in [0.717, 1.165) is 0 Å². The Hall–Kier alpha value is -1.70. The van der Waals surface area contributed by atoms with Gasteiger partial charge in [-0.25, -0.2) is 0 Å². The second-order valence-electron chi connectivity index (χ2n) is 17.6. The first kappa shape index (κ1) is 47.7. The molecule has 3 rings (SSSR count). The van der Waals surface area contributed by atoms with Gasteiger partial charge in [-0.05, 0) is 67.3 Å². The van der Waals surface area contributed by atoms with Gasteiger partial charge in [0.1, 0.15) is 23.6 Å². The van der Waals surface area contributed by atoms with Crippen molar-refractivity contribution in [2.24, 2.45) is 29.1 Å². The molecular formula is C42H73NO12. The van der Waals surface area contributed by atoms with Crippen LogP contribution in [-0.2, 0) is 38.0 Å². The molecule has 0 amide bonds. The van der Waals surface area contributed by atoms with Crippen LogP contribution in [0.25, 0.3) is 0 Å². The second kappa shape index (κ2) is 19.4. The Morgan fingerprint density at radius 3 is 2.15 bits per heavy atom. The van der Waals surface area contributed by atoms with Gasteiger partial charge in [-0.3, -0.25) is 14.5 Å². The average molecular weight is 784 g/mol. The Labute approximate surface area is 330 Å². The number of hydrogen-bond donors (Lipinski definition) is 4. The van der Waals surface area contributed by atoms with E-state index in [9.17, 15) is 30.0 Å². The number of ketones is 1. The van der Waals surface area contributed by atoms with E-state index < -0.39 is 102 Å². The van der Waals surface area contributed by atoms with Crippen LogP contribution in [-0.4, -0.2) is 136 Å². The number of ether oxygens (including phenoxy) is 6. The number of terminal acetylenes is 1. The van der Waals surface area contributed by atoms with E-state index in [1.807, 2.05) is 46.6 Å². The molecule has 0 aliphatic carbocycles. The van der Waals surface area contributed by atoms with E-state index >= 15 is 0 Å². The summed E-state index contributed by atoms with van der Waals surface area (Å²) in [5.41, 5.74) is -3.76. The molecule has 13 heteroatoms. The molecule has 0 aromatic rings. The number of carbonyl (C=O) groups is 2. The number of aliphatic hydroxyl groups excluding tert-OH is 3. The highest BCUT2D eigenvalue weighted by atomic mass is 16.7. The third-order valence-corrected chi connectivity index (χ3v) is 13.3. The summed E-state index contributed by atoms with van der Waals surface area (Å²) in [7, 11) is 3.42. The smallest absolute Gasteiger partial charge is 0.311 e. The third kappa shape index (κ3) is 10.5. The van der Waals surface area contributed by atoms with Gasteiger partial charge in [-0.2, -0.15) is 0 Å².